The van der Waals surface area contributed by atoms with Crippen LogP contribution in [0.1, 0.15) is 42.7 Å². The zero-order valence-electron chi connectivity index (χ0n) is 18.1. The number of carboxylic acids is 1. The van der Waals surface area contributed by atoms with Crippen LogP contribution >= 0.6 is 23.1 Å². The van der Waals surface area contributed by atoms with Crippen LogP contribution in [-0.4, -0.2) is 62.2 Å². The average molecular weight is 477 g/mol. The molecule has 1 aliphatic rings. The topological polar surface area (TPSA) is 100.0 Å². The van der Waals surface area contributed by atoms with Gasteiger partial charge < -0.3 is 14.9 Å². The molecular weight excluding hydrogens is 448 g/mol. The molecule has 1 fully saturated rings. The van der Waals surface area contributed by atoms with E-state index in [2.05, 4.69) is 17.1 Å². The Balaban J connectivity index is 1.50. The van der Waals surface area contributed by atoms with Gasteiger partial charge in [-0.05, 0) is 38.7 Å². The molecule has 2 heterocycles. The van der Waals surface area contributed by atoms with E-state index in [0.717, 1.165) is 6.42 Å². The molecule has 0 aliphatic carbocycles. The summed E-state index contributed by atoms with van der Waals surface area (Å²) in [5.41, 5.74) is 0.387. The van der Waals surface area contributed by atoms with Crippen molar-refractivity contribution in [1.29, 1.82) is 0 Å². The van der Waals surface area contributed by atoms with E-state index in [4.69, 9.17) is 9.84 Å². The lowest BCUT2D eigenvalue weighted by Gasteiger charge is -2.23. The van der Waals surface area contributed by atoms with E-state index < -0.39 is 11.6 Å². The average Bonchev–Trinajstić information content (AvgIpc) is 3.33. The predicted molar refractivity (Wildman–Crippen MR) is 125 cm³/mol. The molecule has 3 atom stereocenters. The fourth-order valence-electron chi connectivity index (χ4n) is 3.45. The smallest absolute Gasteiger partial charge is 0.410 e. The Bertz CT molecular complexity index is 945. The van der Waals surface area contributed by atoms with Gasteiger partial charge in [-0.3, -0.25) is 4.90 Å². The molecule has 1 unspecified atom stereocenters. The van der Waals surface area contributed by atoms with Crippen molar-refractivity contribution in [1.82, 2.24) is 9.88 Å². The highest BCUT2D eigenvalue weighted by Crippen LogP contribution is 2.26. The van der Waals surface area contributed by atoms with Crippen LogP contribution < -0.4 is 0 Å². The highest BCUT2D eigenvalue weighted by molar-refractivity contribution is 8.01. The van der Waals surface area contributed by atoms with Gasteiger partial charge in [0.1, 0.15) is 6.10 Å². The number of thioether (sulfide) groups is 1. The molecule has 7 nitrogen and oxygen atoms in total. The van der Waals surface area contributed by atoms with Gasteiger partial charge in [0.2, 0.25) is 0 Å². The van der Waals surface area contributed by atoms with Gasteiger partial charge in [-0.1, -0.05) is 54.2 Å². The number of nitrogens with zero attached hydrogens (tertiary/aromatic N) is 2. The van der Waals surface area contributed by atoms with Gasteiger partial charge in [-0.2, -0.15) is 0 Å². The molecule has 0 spiro atoms. The van der Waals surface area contributed by atoms with Crippen LogP contribution in [0.3, 0.4) is 0 Å². The molecule has 0 saturated carbocycles. The standard InChI is InChI=1S/C23H28N2O5S2/c1-16-19(9-6-11-23(2,29)12-10-17-7-4-3-5-8-17)25(22(28)30-16)13-14-31-21-24-18(15-32-21)20(26)27/h3-9,15-16,19,29H,10-14H2,1-2H3,(H,26,27)/b9-6+/t16-,19-,23?/m0/s1. The predicted octanol–water partition coefficient (Wildman–Crippen LogP) is 4.47. The summed E-state index contributed by atoms with van der Waals surface area (Å²) in [5, 5.41) is 21.2. The summed E-state index contributed by atoms with van der Waals surface area (Å²) >= 11 is 2.69. The zero-order chi connectivity index (χ0) is 23.1. The monoisotopic (exact) mass is 476 g/mol. The molecule has 1 aromatic carbocycles. The maximum atomic E-state index is 12.3. The molecule has 0 radical (unpaired) electrons. The minimum Gasteiger partial charge on any atom is -0.476 e. The van der Waals surface area contributed by atoms with Crippen molar-refractivity contribution in [2.45, 2.75) is 55.2 Å². The van der Waals surface area contributed by atoms with Gasteiger partial charge in [0.05, 0.1) is 11.6 Å². The largest absolute Gasteiger partial charge is 0.476 e. The van der Waals surface area contributed by atoms with Crippen LogP contribution in [0.25, 0.3) is 0 Å². The van der Waals surface area contributed by atoms with Crippen LogP contribution in [0.5, 0.6) is 0 Å². The van der Waals surface area contributed by atoms with Gasteiger partial charge in [0.25, 0.3) is 0 Å². The second-order valence-electron chi connectivity index (χ2n) is 8.04. The highest BCUT2D eigenvalue weighted by atomic mass is 32.2. The van der Waals surface area contributed by atoms with Crippen molar-refractivity contribution in [3.63, 3.8) is 0 Å². The number of ether oxygens (including phenoxy) is 1. The van der Waals surface area contributed by atoms with Gasteiger partial charge >= 0.3 is 12.1 Å². The summed E-state index contributed by atoms with van der Waals surface area (Å²) in [6.07, 6.45) is 5.13. The molecule has 1 aliphatic heterocycles. The minimum absolute atomic E-state index is 0.0341. The van der Waals surface area contributed by atoms with Crippen molar-refractivity contribution < 1.29 is 24.5 Å². The second-order valence-corrected chi connectivity index (χ2v) is 10.2. The first-order valence-electron chi connectivity index (χ1n) is 10.5. The number of rotatable bonds is 11. The molecule has 1 amide bonds. The number of carbonyl (C=O) groups is 2. The molecule has 172 valence electrons. The fourth-order valence-corrected chi connectivity index (χ4v) is 5.26. The van der Waals surface area contributed by atoms with Gasteiger partial charge in [-0.15, -0.1) is 11.3 Å². The number of carboxylic acid groups (broad SMARTS) is 1. The number of aromatic carboxylic acids is 1. The number of aliphatic hydroxyl groups is 1. The Morgan fingerprint density at radius 1 is 1.38 bits per heavy atom. The summed E-state index contributed by atoms with van der Waals surface area (Å²) in [4.78, 5) is 28.9. The summed E-state index contributed by atoms with van der Waals surface area (Å²) in [6, 6.07) is 9.87. The SMILES string of the molecule is C[C@@H]1OC(=O)N(CCSc2nc(C(=O)O)cs2)[C@H]1/C=C/CC(C)(O)CCc1ccccc1. The van der Waals surface area contributed by atoms with Crippen molar-refractivity contribution in [2.75, 3.05) is 12.3 Å². The lowest BCUT2D eigenvalue weighted by atomic mass is 9.93. The summed E-state index contributed by atoms with van der Waals surface area (Å²) < 4.78 is 6.04. The Morgan fingerprint density at radius 2 is 2.12 bits per heavy atom. The number of hydrogen-bond acceptors (Lipinski definition) is 7. The van der Waals surface area contributed by atoms with Crippen LogP contribution in [-0.2, 0) is 11.2 Å². The van der Waals surface area contributed by atoms with Crippen molar-refractivity contribution in [2.24, 2.45) is 0 Å². The second kappa shape index (κ2) is 11.0. The molecule has 0 bridgehead atoms. The number of aryl methyl sites for hydroxylation is 1. The number of amides is 1. The first-order chi connectivity index (χ1) is 15.2. The normalized spacial score (nSPS) is 20.5. The zero-order valence-corrected chi connectivity index (χ0v) is 19.8. The summed E-state index contributed by atoms with van der Waals surface area (Å²) in [7, 11) is 0. The van der Waals surface area contributed by atoms with Gasteiger partial charge in [0.15, 0.2) is 10.0 Å². The van der Waals surface area contributed by atoms with E-state index in [-0.39, 0.29) is 23.9 Å². The van der Waals surface area contributed by atoms with E-state index in [9.17, 15) is 14.7 Å². The first kappa shape index (κ1) is 24.3. The lowest BCUT2D eigenvalue weighted by Crippen LogP contribution is -2.36. The third-order valence-electron chi connectivity index (χ3n) is 5.31. The van der Waals surface area contributed by atoms with Crippen LogP contribution in [0.2, 0.25) is 0 Å². The molecule has 1 saturated heterocycles. The fraction of sp³-hybridized carbons (Fsp3) is 0.435. The van der Waals surface area contributed by atoms with E-state index in [0.29, 0.717) is 29.5 Å². The molecule has 3 rings (SSSR count). The maximum Gasteiger partial charge on any atom is 0.410 e. The molecule has 1 aromatic heterocycles. The van der Waals surface area contributed by atoms with E-state index in [1.54, 1.807) is 4.90 Å². The van der Waals surface area contributed by atoms with Crippen molar-refractivity contribution in [3.8, 4) is 0 Å². The van der Waals surface area contributed by atoms with E-state index in [1.165, 1.54) is 34.0 Å². The summed E-state index contributed by atoms with van der Waals surface area (Å²) in [5.74, 6) is -0.469. The van der Waals surface area contributed by atoms with Crippen LogP contribution in [0.4, 0.5) is 4.79 Å². The van der Waals surface area contributed by atoms with Gasteiger partial charge in [0, 0.05) is 17.7 Å². The Morgan fingerprint density at radius 3 is 2.81 bits per heavy atom. The van der Waals surface area contributed by atoms with Crippen LogP contribution in [0.15, 0.2) is 52.2 Å². The number of aromatic nitrogens is 1. The first-order valence-corrected chi connectivity index (χ1v) is 12.3. The van der Waals surface area contributed by atoms with Crippen molar-refractivity contribution in [3.05, 3.63) is 59.1 Å². The Kier molecular flexibility index (Phi) is 8.33. The van der Waals surface area contributed by atoms with E-state index in [1.807, 2.05) is 44.2 Å². The number of carbonyl (C=O) groups excluding carboxylic acids is 1. The molecule has 2 aromatic rings. The quantitative estimate of drug-likeness (QED) is 0.364. The number of hydrogen-bond donors (Lipinski definition) is 2. The molecular formula is C23H28N2O5S2. The van der Waals surface area contributed by atoms with Crippen LogP contribution in [0, 0.1) is 0 Å². The highest BCUT2D eigenvalue weighted by Gasteiger charge is 2.37. The minimum atomic E-state index is -1.05. The third-order valence-corrected chi connectivity index (χ3v) is 7.31. The third kappa shape index (κ3) is 6.82. The lowest BCUT2D eigenvalue weighted by molar-refractivity contribution is 0.0541. The van der Waals surface area contributed by atoms with Gasteiger partial charge in [-0.25, -0.2) is 14.6 Å². The molecule has 32 heavy (non-hydrogen) atoms. The van der Waals surface area contributed by atoms with Crippen molar-refractivity contribution >= 4 is 35.2 Å². The maximum absolute atomic E-state index is 12.3. The Labute approximate surface area is 196 Å². The number of thiazole rings is 1. The summed E-state index contributed by atoms with van der Waals surface area (Å²) in [6.45, 7) is 4.14. The number of cyclic esters (lactones) is 1. The Hall–Kier alpha value is -2.36. The number of benzene rings is 1. The molecule has 9 heteroatoms. The molecule has 2 N–H and O–H groups in total. The van der Waals surface area contributed by atoms with E-state index >= 15 is 0 Å².